The number of rotatable bonds is 7. The molecular formula is C25H29N3O3. The monoisotopic (exact) mass is 419 g/mol. The predicted molar refractivity (Wildman–Crippen MR) is 120 cm³/mol. The smallest absolute Gasteiger partial charge is 0.251 e. The number of aromatic nitrogens is 2. The molecule has 2 atom stereocenters. The second kappa shape index (κ2) is 9.88. The number of carbonyl (C=O) groups excluding carboxylic acids is 1. The largest absolute Gasteiger partial charge is 0.416 e. The van der Waals surface area contributed by atoms with Crippen molar-refractivity contribution >= 4 is 5.91 Å². The molecule has 0 spiro atoms. The number of hydrogen-bond acceptors (Lipinski definition) is 5. The van der Waals surface area contributed by atoms with Gasteiger partial charge in [-0.05, 0) is 61.6 Å². The van der Waals surface area contributed by atoms with E-state index in [1.807, 2.05) is 43.3 Å². The third-order valence-electron chi connectivity index (χ3n) is 5.95. The zero-order chi connectivity index (χ0) is 21.6. The predicted octanol–water partition coefficient (Wildman–Crippen LogP) is 5.04. The number of amides is 1. The van der Waals surface area contributed by atoms with Gasteiger partial charge in [-0.25, -0.2) is 0 Å². The average molecular weight is 420 g/mol. The molecule has 31 heavy (non-hydrogen) atoms. The van der Waals surface area contributed by atoms with Gasteiger partial charge in [0.2, 0.25) is 11.8 Å². The van der Waals surface area contributed by atoms with Crippen molar-refractivity contribution in [3.8, 4) is 22.9 Å². The maximum absolute atomic E-state index is 12.4. The number of nitrogens with zero attached hydrogens (tertiary/aromatic N) is 2. The molecule has 2 unspecified atom stereocenters. The quantitative estimate of drug-likeness (QED) is 0.543. The minimum absolute atomic E-state index is 0.113. The Bertz CT molecular complexity index is 1010. The van der Waals surface area contributed by atoms with Crippen LogP contribution >= 0.6 is 0 Å². The Hall–Kier alpha value is -2.99. The molecule has 162 valence electrons. The van der Waals surface area contributed by atoms with Gasteiger partial charge in [-0.15, -0.1) is 10.2 Å². The second-order valence-electron chi connectivity index (χ2n) is 8.23. The van der Waals surface area contributed by atoms with Crippen molar-refractivity contribution in [1.82, 2.24) is 15.5 Å². The zero-order valence-corrected chi connectivity index (χ0v) is 18.1. The van der Waals surface area contributed by atoms with E-state index < -0.39 is 0 Å². The Morgan fingerprint density at radius 2 is 1.81 bits per heavy atom. The lowest BCUT2D eigenvalue weighted by Gasteiger charge is -2.28. The maximum atomic E-state index is 12.4. The summed E-state index contributed by atoms with van der Waals surface area (Å²) in [7, 11) is 0. The first-order valence-corrected chi connectivity index (χ1v) is 11.0. The molecule has 3 aromatic rings. The molecule has 0 aliphatic heterocycles. The Morgan fingerprint density at radius 3 is 2.58 bits per heavy atom. The fourth-order valence-corrected chi connectivity index (χ4v) is 4.03. The SMILES string of the molecule is Cc1ccccc1-c1nnc(-c2ccc(C(=O)NCCOC3CCCCC3C)cc2)o1. The van der Waals surface area contributed by atoms with Gasteiger partial charge in [0.15, 0.2) is 0 Å². The van der Waals surface area contributed by atoms with Crippen LogP contribution in [0.2, 0.25) is 0 Å². The summed E-state index contributed by atoms with van der Waals surface area (Å²) in [5.74, 6) is 1.41. The van der Waals surface area contributed by atoms with E-state index in [2.05, 4.69) is 22.4 Å². The van der Waals surface area contributed by atoms with Gasteiger partial charge in [-0.3, -0.25) is 4.79 Å². The minimum Gasteiger partial charge on any atom is -0.416 e. The molecule has 0 radical (unpaired) electrons. The highest BCUT2D eigenvalue weighted by Crippen LogP contribution is 2.27. The van der Waals surface area contributed by atoms with Gasteiger partial charge in [0.05, 0.1) is 12.7 Å². The van der Waals surface area contributed by atoms with Crippen LogP contribution in [0, 0.1) is 12.8 Å². The molecule has 1 saturated carbocycles. The van der Waals surface area contributed by atoms with Gasteiger partial charge >= 0.3 is 0 Å². The van der Waals surface area contributed by atoms with E-state index in [1.54, 1.807) is 12.1 Å². The van der Waals surface area contributed by atoms with Gasteiger partial charge < -0.3 is 14.5 Å². The summed E-state index contributed by atoms with van der Waals surface area (Å²) < 4.78 is 11.8. The lowest BCUT2D eigenvalue weighted by molar-refractivity contribution is -0.00293. The molecule has 2 aromatic carbocycles. The normalized spacial score (nSPS) is 18.6. The first kappa shape index (κ1) is 21.2. The highest BCUT2D eigenvalue weighted by Gasteiger charge is 2.21. The number of aryl methyl sites for hydroxylation is 1. The fraction of sp³-hybridized carbons (Fsp3) is 0.400. The molecular weight excluding hydrogens is 390 g/mol. The van der Waals surface area contributed by atoms with E-state index in [0.717, 1.165) is 23.1 Å². The summed E-state index contributed by atoms with van der Waals surface area (Å²) in [6, 6.07) is 15.1. The summed E-state index contributed by atoms with van der Waals surface area (Å²) in [4.78, 5) is 12.4. The Balaban J connectivity index is 1.31. The molecule has 6 nitrogen and oxygen atoms in total. The summed E-state index contributed by atoms with van der Waals surface area (Å²) in [6.07, 6.45) is 5.21. The molecule has 1 aliphatic carbocycles. The molecule has 1 amide bonds. The lowest BCUT2D eigenvalue weighted by Crippen LogP contribution is -2.31. The van der Waals surface area contributed by atoms with E-state index in [9.17, 15) is 4.79 Å². The maximum Gasteiger partial charge on any atom is 0.251 e. The fourth-order valence-electron chi connectivity index (χ4n) is 4.03. The average Bonchev–Trinajstić information content (AvgIpc) is 3.28. The highest BCUT2D eigenvalue weighted by atomic mass is 16.5. The van der Waals surface area contributed by atoms with Gasteiger partial charge in [0.25, 0.3) is 5.91 Å². The summed E-state index contributed by atoms with van der Waals surface area (Å²) >= 11 is 0. The van der Waals surface area contributed by atoms with Crippen molar-refractivity contribution in [2.45, 2.75) is 45.6 Å². The van der Waals surface area contributed by atoms with Gasteiger partial charge in [0.1, 0.15) is 0 Å². The van der Waals surface area contributed by atoms with Crippen molar-refractivity contribution in [2.75, 3.05) is 13.2 Å². The van der Waals surface area contributed by atoms with Crippen LogP contribution in [-0.2, 0) is 4.74 Å². The summed E-state index contributed by atoms with van der Waals surface area (Å²) in [5.41, 5.74) is 3.36. The van der Waals surface area contributed by atoms with Crippen LogP contribution in [0.15, 0.2) is 52.9 Å². The Kier molecular flexibility index (Phi) is 6.77. The zero-order valence-electron chi connectivity index (χ0n) is 18.1. The van der Waals surface area contributed by atoms with E-state index in [4.69, 9.17) is 9.15 Å². The van der Waals surface area contributed by atoms with E-state index in [1.165, 1.54) is 19.3 Å². The molecule has 0 bridgehead atoms. The molecule has 1 heterocycles. The molecule has 1 aliphatic rings. The molecule has 1 fully saturated rings. The topological polar surface area (TPSA) is 77.2 Å². The number of benzene rings is 2. The van der Waals surface area contributed by atoms with Gasteiger partial charge in [-0.1, -0.05) is 38.0 Å². The Labute approximate surface area is 183 Å². The highest BCUT2D eigenvalue weighted by molar-refractivity contribution is 5.94. The number of ether oxygens (including phenoxy) is 1. The van der Waals surface area contributed by atoms with Gasteiger partial charge in [-0.2, -0.15) is 0 Å². The van der Waals surface area contributed by atoms with Crippen LogP contribution in [0.1, 0.15) is 48.5 Å². The van der Waals surface area contributed by atoms with Crippen LogP contribution in [-0.4, -0.2) is 35.4 Å². The van der Waals surface area contributed by atoms with Crippen molar-refractivity contribution in [3.05, 3.63) is 59.7 Å². The van der Waals surface area contributed by atoms with Crippen molar-refractivity contribution in [1.29, 1.82) is 0 Å². The number of carbonyl (C=O) groups is 1. The van der Waals surface area contributed by atoms with E-state index in [-0.39, 0.29) is 5.91 Å². The third-order valence-corrected chi connectivity index (χ3v) is 5.95. The van der Waals surface area contributed by atoms with Crippen LogP contribution in [0.4, 0.5) is 0 Å². The molecule has 6 heteroatoms. The van der Waals surface area contributed by atoms with Crippen molar-refractivity contribution < 1.29 is 13.9 Å². The molecule has 0 saturated heterocycles. The number of hydrogen-bond donors (Lipinski definition) is 1. The van der Waals surface area contributed by atoms with Crippen LogP contribution in [0.3, 0.4) is 0 Å². The first-order chi connectivity index (χ1) is 15.1. The van der Waals surface area contributed by atoms with Crippen LogP contribution in [0.25, 0.3) is 22.9 Å². The van der Waals surface area contributed by atoms with E-state index >= 15 is 0 Å². The number of nitrogens with one attached hydrogen (secondary N) is 1. The molecule has 4 rings (SSSR count). The third kappa shape index (κ3) is 5.20. The summed E-state index contributed by atoms with van der Waals surface area (Å²) in [6.45, 7) is 5.31. The van der Waals surface area contributed by atoms with E-state index in [0.29, 0.717) is 42.5 Å². The standard InChI is InChI=1S/C25H29N3O3/c1-17-7-3-5-9-21(17)25-28-27-24(31-25)20-13-11-19(12-14-20)23(29)26-15-16-30-22-10-6-4-8-18(22)2/h3,5,7,9,11-14,18,22H,4,6,8,10,15-16H2,1-2H3,(H,26,29). The minimum atomic E-state index is -0.113. The molecule has 1 N–H and O–H groups in total. The van der Waals surface area contributed by atoms with Crippen molar-refractivity contribution in [2.24, 2.45) is 5.92 Å². The van der Waals surface area contributed by atoms with Crippen LogP contribution < -0.4 is 5.32 Å². The molecule has 1 aromatic heterocycles. The first-order valence-electron chi connectivity index (χ1n) is 11.0. The Morgan fingerprint density at radius 1 is 1.06 bits per heavy atom. The summed E-state index contributed by atoms with van der Waals surface area (Å²) in [5, 5.41) is 11.2. The van der Waals surface area contributed by atoms with Crippen molar-refractivity contribution in [3.63, 3.8) is 0 Å². The van der Waals surface area contributed by atoms with Crippen LogP contribution in [0.5, 0.6) is 0 Å². The lowest BCUT2D eigenvalue weighted by atomic mass is 9.88. The second-order valence-corrected chi connectivity index (χ2v) is 8.23. The van der Waals surface area contributed by atoms with Gasteiger partial charge in [0, 0.05) is 23.2 Å².